The lowest BCUT2D eigenvalue weighted by Gasteiger charge is -2.07. The normalized spacial score (nSPS) is 12.9. The molecule has 0 aliphatic carbocycles. The number of aromatic nitrogens is 2. The van der Waals surface area contributed by atoms with Crippen LogP contribution in [0.3, 0.4) is 0 Å². The van der Waals surface area contributed by atoms with Gasteiger partial charge in [0.25, 0.3) is 0 Å². The number of hydrogen-bond acceptors (Lipinski definition) is 5. The molecule has 1 unspecified atom stereocenters. The van der Waals surface area contributed by atoms with Crippen LogP contribution in [0.25, 0.3) is 22.4 Å². The van der Waals surface area contributed by atoms with Gasteiger partial charge in [0.1, 0.15) is 22.6 Å². The molecule has 0 saturated heterocycles. The van der Waals surface area contributed by atoms with Crippen LogP contribution in [-0.2, 0) is 6.42 Å². The highest BCUT2D eigenvalue weighted by atomic mass is 35.5. The lowest BCUT2D eigenvalue weighted by Crippen LogP contribution is -2.23. The van der Waals surface area contributed by atoms with E-state index >= 15 is 0 Å². The Bertz CT molecular complexity index is 737. The zero-order valence-corrected chi connectivity index (χ0v) is 12.8. The summed E-state index contributed by atoms with van der Waals surface area (Å²) in [5.74, 6) is 1.67. The minimum absolute atomic E-state index is 0.362. The van der Waals surface area contributed by atoms with Gasteiger partial charge in [-0.05, 0) is 38.2 Å². The van der Waals surface area contributed by atoms with E-state index in [-0.39, 0.29) is 0 Å². The van der Waals surface area contributed by atoms with Crippen molar-refractivity contribution in [3.63, 3.8) is 0 Å². The predicted octanol–water partition coefficient (Wildman–Crippen LogP) is 3.76. The summed E-state index contributed by atoms with van der Waals surface area (Å²) in [5, 5.41) is 3.82. The smallest absolute Gasteiger partial charge is 0.138 e. The van der Waals surface area contributed by atoms with Crippen molar-refractivity contribution >= 4 is 34.4 Å². The summed E-state index contributed by atoms with van der Waals surface area (Å²) in [5.41, 5.74) is 2.46. The molecule has 0 radical (unpaired) electrons. The molecule has 2 heterocycles. The molecule has 0 aliphatic rings. The minimum atomic E-state index is 0.362. The van der Waals surface area contributed by atoms with Crippen LogP contribution in [0, 0.1) is 0 Å². The van der Waals surface area contributed by atoms with Gasteiger partial charge in [-0.25, -0.2) is 0 Å². The van der Waals surface area contributed by atoms with Crippen LogP contribution >= 0.6 is 23.3 Å². The van der Waals surface area contributed by atoms with E-state index in [2.05, 4.69) is 21.0 Å². The summed E-state index contributed by atoms with van der Waals surface area (Å²) >= 11 is 7.48. The fourth-order valence-electron chi connectivity index (χ4n) is 2.09. The fraction of sp³-hybridized carbons (Fsp3) is 0.286. The summed E-state index contributed by atoms with van der Waals surface area (Å²) in [6.07, 6.45) is 0.833. The van der Waals surface area contributed by atoms with Gasteiger partial charge in [0.2, 0.25) is 0 Å². The van der Waals surface area contributed by atoms with E-state index in [4.69, 9.17) is 16.0 Å². The number of hydrogen-bond donors (Lipinski definition) is 1. The van der Waals surface area contributed by atoms with Gasteiger partial charge in [0.15, 0.2) is 0 Å². The van der Waals surface area contributed by atoms with Crippen molar-refractivity contribution in [3.05, 3.63) is 35.0 Å². The van der Waals surface area contributed by atoms with Crippen LogP contribution in [0.15, 0.2) is 28.7 Å². The van der Waals surface area contributed by atoms with E-state index in [1.807, 2.05) is 31.3 Å². The SMILES string of the molecule is CNC(C)Cc1ccc(-c2c(Cl)ccc3nsnc23)o1. The Hall–Kier alpha value is -1.43. The zero-order chi connectivity index (χ0) is 14.1. The zero-order valence-electron chi connectivity index (χ0n) is 11.2. The maximum absolute atomic E-state index is 6.30. The Labute approximate surface area is 126 Å². The van der Waals surface area contributed by atoms with Crippen LogP contribution in [0.2, 0.25) is 5.02 Å². The topological polar surface area (TPSA) is 51.0 Å². The minimum Gasteiger partial charge on any atom is -0.461 e. The molecular formula is C14H14ClN3OS. The first-order valence-electron chi connectivity index (χ1n) is 6.36. The van der Waals surface area contributed by atoms with Crippen LogP contribution in [0.4, 0.5) is 0 Å². The van der Waals surface area contributed by atoms with Crippen molar-refractivity contribution in [2.75, 3.05) is 7.05 Å². The maximum atomic E-state index is 6.30. The fourth-order valence-corrected chi connectivity index (χ4v) is 2.88. The largest absolute Gasteiger partial charge is 0.461 e. The summed E-state index contributed by atoms with van der Waals surface area (Å²) in [4.78, 5) is 0. The first kappa shape index (κ1) is 13.5. The van der Waals surface area contributed by atoms with Crippen LogP contribution < -0.4 is 5.32 Å². The molecule has 0 fully saturated rings. The Morgan fingerprint density at radius 2 is 2.15 bits per heavy atom. The van der Waals surface area contributed by atoms with Crippen molar-refractivity contribution in [1.82, 2.24) is 14.1 Å². The molecule has 4 nitrogen and oxygen atoms in total. The van der Waals surface area contributed by atoms with Crippen molar-refractivity contribution in [3.8, 4) is 11.3 Å². The first-order chi connectivity index (χ1) is 9.69. The van der Waals surface area contributed by atoms with Gasteiger partial charge in [-0.2, -0.15) is 8.75 Å². The average molecular weight is 308 g/mol. The number of fused-ring (bicyclic) bond motifs is 1. The molecule has 1 atom stereocenters. The van der Waals surface area contributed by atoms with Gasteiger partial charge in [0, 0.05) is 12.5 Å². The second-order valence-electron chi connectivity index (χ2n) is 4.71. The lowest BCUT2D eigenvalue weighted by atomic mass is 10.1. The number of nitrogens with one attached hydrogen (secondary N) is 1. The molecule has 0 spiro atoms. The van der Waals surface area contributed by atoms with E-state index in [0.29, 0.717) is 11.1 Å². The van der Waals surface area contributed by atoms with Gasteiger partial charge >= 0.3 is 0 Å². The molecule has 0 amide bonds. The van der Waals surface area contributed by atoms with Gasteiger partial charge < -0.3 is 9.73 Å². The lowest BCUT2D eigenvalue weighted by molar-refractivity contribution is 0.481. The molecule has 20 heavy (non-hydrogen) atoms. The Morgan fingerprint density at radius 3 is 2.95 bits per heavy atom. The standard InChI is InChI=1S/C14H14ClN3OS/c1-8(16-2)7-9-3-6-12(19-9)13-10(15)4-5-11-14(13)18-20-17-11/h3-6,8,16H,7H2,1-2H3. The van der Waals surface area contributed by atoms with Crippen molar-refractivity contribution < 1.29 is 4.42 Å². The highest BCUT2D eigenvalue weighted by Gasteiger charge is 2.16. The van der Waals surface area contributed by atoms with Gasteiger partial charge in [-0.3, -0.25) is 0 Å². The van der Waals surface area contributed by atoms with Crippen molar-refractivity contribution in [2.24, 2.45) is 0 Å². The van der Waals surface area contributed by atoms with E-state index < -0.39 is 0 Å². The Morgan fingerprint density at radius 1 is 1.30 bits per heavy atom. The van der Waals surface area contributed by atoms with Gasteiger partial charge in [-0.15, -0.1) is 0 Å². The first-order valence-corrected chi connectivity index (χ1v) is 7.47. The van der Waals surface area contributed by atoms with Crippen LogP contribution in [0.5, 0.6) is 0 Å². The van der Waals surface area contributed by atoms with E-state index in [0.717, 1.165) is 34.5 Å². The van der Waals surface area contributed by atoms with Crippen molar-refractivity contribution in [1.29, 1.82) is 0 Å². The Kier molecular flexibility index (Phi) is 3.74. The van der Waals surface area contributed by atoms with Crippen LogP contribution in [-0.4, -0.2) is 21.8 Å². The third-order valence-corrected chi connectivity index (χ3v) is 4.14. The molecule has 3 aromatic rings. The number of halogens is 1. The summed E-state index contributed by atoms with van der Waals surface area (Å²) in [6, 6.07) is 7.99. The van der Waals surface area contributed by atoms with Crippen LogP contribution in [0.1, 0.15) is 12.7 Å². The molecule has 2 aromatic heterocycles. The second-order valence-corrected chi connectivity index (χ2v) is 5.65. The van der Waals surface area contributed by atoms with Gasteiger partial charge in [-0.1, -0.05) is 11.6 Å². The molecule has 104 valence electrons. The number of nitrogens with zero attached hydrogens (tertiary/aromatic N) is 2. The predicted molar refractivity (Wildman–Crippen MR) is 82.4 cm³/mol. The van der Waals surface area contributed by atoms with E-state index in [1.165, 1.54) is 11.7 Å². The highest BCUT2D eigenvalue weighted by molar-refractivity contribution is 7.00. The summed E-state index contributed by atoms with van der Waals surface area (Å²) < 4.78 is 14.5. The Balaban J connectivity index is 2.03. The number of furan rings is 1. The molecule has 0 saturated carbocycles. The quantitative estimate of drug-likeness (QED) is 0.797. The molecule has 1 aromatic carbocycles. The second kappa shape index (κ2) is 5.52. The molecule has 0 bridgehead atoms. The molecule has 1 N–H and O–H groups in total. The number of benzene rings is 1. The third-order valence-electron chi connectivity index (χ3n) is 3.29. The maximum Gasteiger partial charge on any atom is 0.138 e. The van der Waals surface area contributed by atoms with E-state index in [1.54, 1.807) is 0 Å². The molecule has 0 aliphatic heterocycles. The summed E-state index contributed by atoms with van der Waals surface area (Å²) in [6.45, 7) is 2.11. The van der Waals surface area contributed by atoms with E-state index in [9.17, 15) is 0 Å². The number of likely N-dealkylation sites (N-methyl/N-ethyl adjacent to an activating group) is 1. The molecule has 6 heteroatoms. The van der Waals surface area contributed by atoms with Crippen molar-refractivity contribution in [2.45, 2.75) is 19.4 Å². The molecular weight excluding hydrogens is 294 g/mol. The number of rotatable bonds is 4. The summed E-state index contributed by atoms with van der Waals surface area (Å²) in [7, 11) is 1.94. The monoisotopic (exact) mass is 307 g/mol. The van der Waals surface area contributed by atoms with Gasteiger partial charge in [0.05, 0.1) is 22.3 Å². The average Bonchev–Trinajstić information content (AvgIpc) is 3.07. The highest BCUT2D eigenvalue weighted by Crippen LogP contribution is 2.35. The third kappa shape index (κ3) is 2.44. The molecule has 3 rings (SSSR count).